The van der Waals surface area contributed by atoms with Gasteiger partial charge in [0.15, 0.2) is 6.04 Å². The maximum atomic E-state index is 13.9. The van der Waals surface area contributed by atoms with E-state index in [0.717, 1.165) is 24.0 Å². The van der Waals surface area contributed by atoms with Gasteiger partial charge in [0.1, 0.15) is 23.8 Å². The third-order valence-corrected chi connectivity index (χ3v) is 6.48. The number of rotatable bonds is 9. The Morgan fingerprint density at radius 1 is 1.15 bits per heavy atom. The third-order valence-electron chi connectivity index (χ3n) is 6.48. The lowest BCUT2D eigenvalue weighted by Gasteiger charge is -2.30. The molecule has 2 aromatic carbocycles. The predicted octanol–water partition coefficient (Wildman–Crippen LogP) is 3.33. The Labute approximate surface area is 225 Å². The number of anilines is 1. The number of hydrogen-bond donors (Lipinski definition) is 2. The van der Waals surface area contributed by atoms with E-state index in [1.807, 2.05) is 31.2 Å². The quantitative estimate of drug-likeness (QED) is 0.336. The fraction of sp³-hybridized carbons (Fsp3) is 0.321. The summed E-state index contributed by atoms with van der Waals surface area (Å²) >= 11 is 0. The van der Waals surface area contributed by atoms with E-state index in [4.69, 9.17) is 9.15 Å². The Balaban J connectivity index is 1.46. The number of tetrazole rings is 1. The average molecular weight is 531 g/mol. The number of ether oxygens (including phenoxy) is 1. The minimum atomic E-state index is -1.16. The number of hydrogen-bond acceptors (Lipinski definition) is 8. The molecule has 0 aliphatic carbocycles. The van der Waals surface area contributed by atoms with Crippen LogP contribution in [0.5, 0.6) is 5.75 Å². The van der Waals surface area contributed by atoms with Crippen LogP contribution in [0.2, 0.25) is 0 Å². The zero-order chi connectivity index (χ0) is 27.4. The molecular formula is C28H30N6O5. The number of amides is 2. The molecule has 1 fully saturated rings. The number of aromatic nitrogens is 4. The largest absolute Gasteiger partial charge is 0.508 e. The van der Waals surface area contributed by atoms with E-state index < -0.39 is 17.9 Å². The number of carbonyl (C=O) groups is 2. The van der Waals surface area contributed by atoms with E-state index in [0.29, 0.717) is 30.4 Å². The van der Waals surface area contributed by atoms with Crippen molar-refractivity contribution in [3.05, 3.63) is 77.7 Å². The normalized spacial score (nSPS) is 15.7. The van der Waals surface area contributed by atoms with Crippen molar-refractivity contribution < 1.29 is 23.8 Å². The molecule has 0 spiro atoms. The number of aromatic hydroxyl groups is 1. The van der Waals surface area contributed by atoms with Crippen LogP contribution in [0.1, 0.15) is 36.0 Å². The van der Waals surface area contributed by atoms with E-state index in [2.05, 4.69) is 20.7 Å². The first kappa shape index (κ1) is 26.1. The SMILES string of the molecule is Cc1ccc(-c2nnn(CC(=O)N(c3cccc(O)c3)[C@H](C(=O)NC[C@@H]3CCCO3)c3ccc(C)o3)n2)cc1. The molecule has 4 aromatic rings. The van der Waals surface area contributed by atoms with E-state index in [1.165, 1.54) is 21.8 Å². The zero-order valence-electron chi connectivity index (χ0n) is 21.8. The summed E-state index contributed by atoms with van der Waals surface area (Å²) < 4.78 is 11.5. The van der Waals surface area contributed by atoms with E-state index in [-0.39, 0.29) is 24.2 Å². The van der Waals surface area contributed by atoms with Crippen LogP contribution in [0.25, 0.3) is 11.4 Å². The van der Waals surface area contributed by atoms with Gasteiger partial charge in [-0.25, -0.2) is 0 Å². The van der Waals surface area contributed by atoms with Crippen molar-refractivity contribution in [1.82, 2.24) is 25.5 Å². The van der Waals surface area contributed by atoms with Crippen molar-refractivity contribution in [3.63, 3.8) is 0 Å². The zero-order valence-corrected chi connectivity index (χ0v) is 21.8. The molecule has 0 bridgehead atoms. The maximum Gasteiger partial charge on any atom is 0.251 e. The van der Waals surface area contributed by atoms with Gasteiger partial charge in [-0.3, -0.25) is 14.5 Å². The minimum absolute atomic E-state index is 0.0556. The smallest absolute Gasteiger partial charge is 0.251 e. The number of nitrogens with zero attached hydrogens (tertiary/aromatic N) is 5. The minimum Gasteiger partial charge on any atom is -0.508 e. The molecule has 11 heteroatoms. The highest BCUT2D eigenvalue weighted by Gasteiger charge is 2.36. The monoisotopic (exact) mass is 530 g/mol. The van der Waals surface area contributed by atoms with E-state index in [9.17, 15) is 14.7 Å². The molecule has 2 aromatic heterocycles. The number of benzene rings is 2. The van der Waals surface area contributed by atoms with Crippen LogP contribution in [-0.4, -0.2) is 56.4 Å². The fourth-order valence-electron chi connectivity index (χ4n) is 4.50. The highest BCUT2D eigenvalue weighted by Crippen LogP contribution is 2.31. The van der Waals surface area contributed by atoms with Crippen molar-refractivity contribution in [1.29, 1.82) is 0 Å². The highest BCUT2D eigenvalue weighted by atomic mass is 16.5. The van der Waals surface area contributed by atoms with Crippen LogP contribution in [0.3, 0.4) is 0 Å². The summed E-state index contributed by atoms with van der Waals surface area (Å²) in [4.78, 5) is 30.0. The summed E-state index contributed by atoms with van der Waals surface area (Å²) in [5, 5.41) is 25.6. The van der Waals surface area contributed by atoms with Gasteiger partial charge in [-0.05, 0) is 56.2 Å². The molecule has 1 aliphatic heterocycles. The van der Waals surface area contributed by atoms with Gasteiger partial charge in [0.05, 0.1) is 6.10 Å². The second kappa shape index (κ2) is 11.5. The van der Waals surface area contributed by atoms with Gasteiger partial charge in [0.2, 0.25) is 5.82 Å². The molecule has 11 nitrogen and oxygen atoms in total. The molecule has 5 rings (SSSR count). The summed E-state index contributed by atoms with van der Waals surface area (Å²) in [6.45, 7) is 4.41. The number of carbonyl (C=O) groups excluding carboxylic acids is 2. The first-order valence-corrected chi connectivity index (χ1v) is 12.8. The second-order valence-electron chi connectivity index (χ2n) is 9.52. The Hall–Kier alpha value is -4.51. The van der Waals surface area contributed by atoms with Gasteiger partial charge in [-0.1, -0.05) is 35.9 Å². The fourth-order valence-corrected chi connectivity index (χ4v) is 4.50. The van der Waals surface area contributed by atoms with Crippen molar-refractivity contribution in [2.45, 2.75) is 45.4 Å². The molecule has 39 heavy (non-hydrogen) atoms. The summed E-state index contributed by atoms with van der Waals surface area (Å²) in [5.41, 5.74) is 2.17. The van der Waals surface area contributed by atoms with Crippen molar-refractivity contribution in [3.8, 4) is 17.1 Å². The van der Waals surface area contributed by atoms with Gasteiger partial charge < -0.3 is 19.6 Å². The molecule has 0 radical (unpaired) electrons. The van der Waals surface area contributed by atoms with Crippen LogP contribution < -0.4 is 10.2 Å². The molecule has 0 saturated carbocycles. The van der Waals surface area contributed by atoms with E-state index in [1.54, 1.807) is 31.2 Å². The summed E-state index contributed by atoms with van der Waals surface area (Å²) in [6.07, 6.45) is 1.70. The van der Waals surface area contributed by atoms with Gasteiger partial charge in [0.25, 0.3) is 11.8 Å². The van der Waals surface area contributed by atoms with Gasteiger partial charge in [0, 0.05) is 30.5 Å². The standard InChI is InChI=1S/C28H30N6O5/c1-18-8-11-20(12-9-18)27-30-32-33(31-27)17-25(36)34(21-5-3-6-22(35)15-21)26(24-13-10-19(2)39-24)28(37)29-16-23-7-4-14-38-23/h3,5-6,8-13,15,23,26,35H,4,7,14,16-17H2,1-2H3,(H,29,37)/t23-,26-/m0/s1. The van der Waals surface area contributed by atoms with Gasteiger partial charge in [-0.2, -0.15) is 4.80 Å². The molecule has 202 valence electrons. The lowest BCUT2D eigenvalue weighted by Crippen LogP contribution is -2.46. The number of phenolic OH excluding ortho intramolecular Hbond substituents is 1. The number of nitrogens with one attached hydrogen (secondary N) is 1. The second-order valence-corrected chi connectivity index (χ2v) is 9.52. The molecular weight excluding hydrogens is 500 g/mol. The Bertz CT molecular complexity index is 1440. The summed E-state index contributed by atoms with van der Waals surface area (Å²) in [5.74, 6) is 0.245. The van der Waals surface area contributed by atoms with Crippen LogP contribution >= 0.6 is 0 Å². The number of phenols is 1. The Morgan fingerprint density at radius 3 is 2.67 bits per heavy atom. The van der Waals surface area contributed by atoms with Crippen molar-refractivity contribution in [2.75, 3.05) is 18.1 Å². The molecule has 1 saturated heterocycles. The lowest BCUT2D eigenvalue weighted by atomic mass is 10.1. The first-order valence-electron chi connectivity index (χ1n) is 12.8. The molecule has 2 N–H and O–H groups in total. The van der Waals surface area contributed by atoms with Crippen molar-refractivity contribution >= 4 is 17.5 Å². The molecule has 2 atom stereocenters. The predicted molar refractivity (Wildman–Crippen MR) is 142 cm³/mol. The molecule has 3 heterocycles. The van der Waals surface area contributed by atoms with Gasteiger partial charge in [-0.15, -0.1) is 10.2 Å². The van der Waals surface area contributed by atoms with Crippen molar-refractivity contribution in [2.24, 2.45) is 0 Å². The average Bonchev–Trinajstić information content (AvgIpc) is 3.69. The van der Waals surface area contributed by atoms with Gasteiger partial charge >= 0.3 is 0 Å². The lowest BCUT2D eigenvalue weighted by molar-refractivity contribution is -0.127. The van der Waals surface area contributed by atoms with Crippen LogP contribution in [0.4, 0.5) is 5.69 Å². The van der Waals surface area contributed by atoms with Crippen LogP contribution in [0.15, 0.2) is 65.1 Å². The number of furan rings is 1. The molecule has 2 amide bonds. The van der Waals surface area contributed by atoms with E-state index >= 15 is 0 Å². The Kier molecular flexibility index (Phi) is 7.69. The first-order chi connectivity index (χ1) is 18.9. The summed E-state index contributed by atoms with van der Waals surface area (Å²) in [7, 11) is 0. The Morgan fingerprint density at radius 2 is 1.97 bits per heavy atom. The highest BCUT2D eigenvalue weighted by molar-refractivity contribution is 6.01. The molecule has 0 unspecified atom stereocenters. The molecule has 1 aliphatic rings. The van der Waals surface area contributed by atoms with Crippen LogP contribution in [-0.2, 0) is 20.9 Å². The maximum absolute atomic E-state index is 13.9. The number of aryl methyl sites for hydroxylation is 2. The summed E-state index contributed by atoms with van der Waals surface area (Å²) in [6, 6.07) is 16.0. The third kappa shape index (κ3) is 6.15. The van der Waals surface area contributed by atoms with Crippen LogP contribution in [0, 0.1) is 13.8 Å². The topological polar surface area (TPSA) is 136 Å².